The van der Waals surface area contributed by atoms with Crippen molar-refractivity contribution in [2.45, 2.75) is 77.0 Å². The molecule has 4 N–H and O–H groups in total. The van der Waals surface area contributed by atoms with Crippen LogP contribution in [0, 0.1) is 11.7 Å². The topological polar surface area (TPSA) is 168 Å². The Balaban J connectivity index is 1.99. The fraction of sp³-hybridized carbons (Fsp3) is 0.471. The van der Waals surface area contributed by atoms with Gasteiger partial charge in [-0.1, -0.05) is 42.5 Å². The van der Waals surface area contributed by atoms with E-state index in [9.17, 15) is 38.3 Å². The number of Topliss-reactive ketones (excluding diaryl/α,β-unsaturated/α-hetero) is 2. The van der Waals surface area contributed by atoms with E-state index >= 15 is 0 Å². The van der Waals surface area contributed by atoms with Crippen LogP contribution < -0.4 is 16.0 Å². The third kappa shape index (κ3) is 15.7. The maximum absolute atomic E-state index is 13.4. The normalized spacial score (nSPS) is 13.0. The zero-order chi connectivity index (χ0) is 35.0. The van der Waals surface area contributed by atoms with Gasteiger partial charge in [-0.25, -0.2) is 9.18 Å². The van der Waals surface area contributed by atoms with E-state index in [-0.39, 0.29) is 32.1 Å². The third-order valence-corrected chi connectivity index (χ3v) is 7.57. The van der Waals surface area contributed by atoms with Crippen molar-refractivity contribution in [2.24, 2.45) is 5.92 Å². The van der Waals surface area contributed by atoms with E-state index in [1.54, 1.807) is 45.0 Å². The maximum Gasteiger partial charge on any atom is 0.408 e. The van der Waals surface area contributed by atoms with Crippen molar-refractivity contribution < 1.29 is 43.0 Å². The van der Waals surface area contributed by atoms with Crippen LogP contribution in [0.2, 0.25) is 0 Å². The highest BCUT2D eigenvalue weighted by Gasteiger charge is 2.28. The molecule has 3 atom stereocenters. The summed E-state index contributed by atoms with van der Waals surface area (Å²) in [6.45, 7) is 4.56. The average Bonchev–Trinajstić information content (AvgIpc) is 3.00. The Hall–Kier alpha value is -4.26. The molecule has 47 heavy (non-hydrogen) atoms. The van der Waals surface area contributed by atoms with Gasteiger partial charge in [0.2, 0.25) is 11.8 Å². The van der Waals surface area contributed by atoms with Gasteiger partial charge in [0.25, 0.3) is 0 Å². The minimum atomic E-state index is -1.14. The molecule has 0 bridgehead atoms. The Morgan fingerprint density at radius 3 is 2.09 bits per heavy atom. The lowest BCUT2D eigenvalue weighted by molar-refractivity contribution is -0.144. The molecule has 0 radical (unpaired) electrons. The number of carboxylic acids is 1. The first-order valence-electron chi connectivity index (χ1n) is 15.3. The largest absolute Gasteiger partial charge is 0.481 e. The monoisotopic (exact) mass is 673 g/mol. The summed E-state index contributed by atoms with van der Waals surface area (Å²) in [4.78, 5) is 75.8. The number of hydrogen-bond acceptors (Lipinski definition) is 8. The molecule has 0 aliphatic carbocycles. The molecule has 2 aromatic carbocycles. The van der Waals surface area contributed by atoms with Gasteiger partial charge in [-0.15, -0.1) is 0 Å². The molecule has 2 rings (SSSR count). The van der Waals surface area contributed by atoms with Crippen molar-refractivity contribution in [1.29, 1.82) is 0 Å². The van der Waals surface area contributed by atoms with E-state index in [0.29, 0.717) is 17.7 Å². The molecule has 0 heterocycles. The average molecular weight is 674 g/mol. The molecule has 0 fully saturated rings. The molecule has 0 saturated carbocycles. The highest BCUT2D eigenvalue weighted by molar-refractivity contribution is 7.98. The zero-order valence-electron chi connectivity index (χ0n) is 27.2. The minimum Gasteiger partial charge on any atom is -0.481 e. The molecule has 0 aliphatic rings. The van der Waals surface area contributed by atoms with E-state index in [1.807, 2.05) is 12.3 Å². The van der Waals surface area contributed by atoms with E-state index < -0.39 is 71.4 Å². The Morgan fingerprint density at radius 2 is 1.49 bits per heavy atom. The molecular formula is C34H44FN3O8S. The number of thioether (sulfide) groups is 1. The van der Waals surface area contributed by atoms with Crippen LogP contribution in [-0.4, -0.2) is 76.8 Å². The van der Waals surface area contributed by atoms with Crippen molar-refractivity contribution in [3.8, 4) is 0 Å². The Bertz CT molecular complexity index is 1370. The molecule has 0 saturated heterocycles. The summed E-state index contributed by atoms with van der Waals surface area (Å²) in [5, 5.41) is 17.2. The number of amides is 3. The van der Waals surface area contributed by atoms with Crippen LogP contribution in [-0.2, 0) is 41.6 Å². The van der Waals surface area contributed by atoms with Crippen molar-refractivity contribution in [3.63, 3.8) is 0 Å². The molecule has 13 heteroatoms. The number of alkyl carbamates (subject to hydrolysis) is 1. The molecular weight excluding hydrogens is 629 g/mol. The van der Waals surface area contributed by atoms with Gasteiger partial charge in [-0.3, -0.25) is 24.0 Å². The summed E-state index contributed by atoms with van der Waals surface area (Å²) >= 11 is 1.48. The molecule has 256 valence electrons. The van der Waals surface area contributed by atoms with E-state index in [2.05, 4.69) is 16.0 Å². The Labute approximate surface area is 278 Å². The maximum atomic E-state index is 13.4. The molecule has 2 aromatic rings. The molecule has 0 spiro atoms. The van der Waals surface area contributed by atoms with E-state index in [4.69, 9.17) is 4.74 Å². The van der Waals surface area contributed by atoms with Crippen LogP contribution in [0.5, 0.6) is 0 Å². The van der Waals surface area contributed by atoms with Gasteiger partial charge in [0, 0.05) is 25.7 Å². The molecule has 2 unspecified atom stereocenters. The molecule has 0 aromatic heterocycles. The van der Waals surface area contributed by atoms with Crippen LogP contribution in [0.3, 0.4) is 0 Å². The third-order valence-electron chi connectivity index (χ3n) is 6.93. The van der Waals surface area contributed by atoms with Gasteiger partial charge in [0.1, 0.15) is 17.5 Å². The highest BCUT2D eigenvalue weighted by Crippen LogP contribution is 2.16. The van der Waals surface area contributed by atoms with Gasteiger partial charge in [0.15, 0.2) is 11.6 Å². The van der Waals surface area contributed by atoms with Gasteiger partial charge in [0.05, 0.1) is 18.5 Å². The van der Waals surface area contributed by atoms with Crippen LogP contribution in [0.25, 0.3) is 0 Å². The van der Waals surface area contributed by atoms with Crippen molar-refractivity contribution in [1.82, 2.24) is 16.0 Å². The first kappa shape index (κ1) is 38.9. The summed E-state index contributed by atoms with van der Waals surface area (Å²) in [6, 6.07) is 12.2. The Morgan fingerprint density at radius 1 is 0.872 bits per heavy atom. The number of halogens is 1. The Kier molecular flexibility index (Phi) is 16.1. The second kappa shape index (κ2) is 19.4. The fourth-order valence-corrected chi connectivity index (χ4v) is 5.01. The van der Waals surface area contributed by atoms with Crippen LogP contribution in [0.15, 0.2) is 54.6 Å². The number of rotatable bonds is 19. The smallest absolute Gasteiger partial charge is 0.408 e. The second-order valence-electron chi connectivity index (χ2n) is 12.1. The summed E-state index contributed by atoms with van der Waals surface area (Å²) in [5.41, 5.74) is 0.509. The number of ether oxygens (including phenoxy) is 1. The predicted octanol–water partition coefficient (Wildman–Crippen LogP) is 3.87. The second-order valence-corrected chi connectivity index (χ2v) is 13.1. The number of carbonyl (C=O) groups is 6. The predicted molar refractivity (Wildman–Crippen MR) is 176 cm³/mol. The fourth-order valence-electron chi connectivity index (χ4n) is 4.49. The van der Waals surface area contributed by atoms with Gasteiger partial charge in [-0.2, -0.15) is 11.8 Å². The lowest BCUT2D eigenvalue weighted by Crippen LogP contribution is -2.50. The quantitative estimate of drug-likeness (QED) is 0.173. The lowest BCUT2D eigenvalue weighted by atomic mass is 9.93. The minimum absolute atomic E-state index is 0.00119. The summed E-state index contributed by atoms with van der Waals surface area (Å²) in [6.07, 6.45) is 0.717. The number of benzene rings is 2. The van der Waals surface area contributed by atoms with E-state index in [0.717, 1.165) is 5.56 Å². The van der Waals surface area contributed by atoms with Crippen LogP contribution >= 0.6 is 11.8 Å². The number of hydrogen-bond donors (Lipinski definition) is 4. The van der Waals surface area contributed by atoms with Gasteiger partial charge < -0.3 is 25.8 Å². The first-order chi connectivity index (χ1) is 22.2. The van der Waals surface area contributed by atoms with Crippen molar-refractivity contribution in [2.75, 3.05) is 18.6 Å². The standard InChI is InChI=1S/C34H44FN3O8S/c1-34(2,3)46-33(45)38-28(19-23-10-12-25(35)13-11-23)31(42)36-21-26(39)14-15-30(41)37-27(18-22-8-6-5-7-9-22)29(40)20-24(32(43)44)16-17-47-4/h5-13,24,27-28H,14-21H2,1-4H3,(H,36,42)(H,37,41)(H,38,45)(H,43,44)/t24?,27?,28-/m1/s1. The number of ketones is 2. The van der Waals surface area contributed by atoms with Crippen LogP contribution in [0.4, 0.5) is 9.18 Å². The zero-order valence-corrected chi connectivity index (χ0v) is 28.0. The lowest BCUT2D eigenvalue weighted by Gasteiger charge is -2.23. The van der Waals surface area contributed by atoms with Gasteiger partial charge in [-0.05, 0) is 68.9 Å². The molecule has 11 nitrogen and oxygen atoms in total. The van der Waals surface area contributed by atoms with E-state index in [1.165, 1.54) is 36.0 Å². The molecule has 0 aliphatic heterocycles. The summed E-state index contributed by atoms with van der Waals surface area (Å²) in [5.74, 6) is -3.99. The van der Waals surface area contributed by atoms with Crippen molar-refractivity contribution >= 4 is 47.2 Å². The van der Waals surface area contributed by atoms with Crippen molar-refractivity contribution in [3.05, 3.63) is 71.5 Å². The SMILES string of the molecule is CSCCC(CC(=O)C(Cc1ccccc1)NC(=O)CCC(=O)CNC(=O)[C@@H](Cc1ccc(F)cc1)NC(=O)OC(C)(C)C)C(=O)O. The first-order valence-corrected chi connectivity index (χ1v) is 16.7. The number of aliphatic carboxylic acids is 1. The highest BCUT2D eigenvalue weighted by atomic mass is 32.2. The number of nitrogens with one attached hydrogen (secondary N) is 3. The number of carboxylic acid groups (broad SMARTS) is 1. The van der Waals surface area contributed by atoms with Crippen LogP contribution in [0.1, 0.15) is 57.6 Å². The van der Waals surface area contributed by atoms with Gasteiger partial charge >= 0.3 is 12.1 Å². The number of carbonyl (C=O) groups excluding carboxylic acids is 5. The summed E-state index contributed by atoms with van der Waals surface area (Å²) < 4.78 is 18.6. The summed E-state index contributed by atoms with van der Waals surface area (Å²) in [7, 11) is 0. The molecule has 3 amide bonds.